The molecule has 4 heteroatoms. The smallest absolute Gasteiger partial charge is 0.0509 e. The first-order chi connectivity index (χ1) is 8.76. The quantitative estimate of drug-likeness (QED) is 0.765. The number of aromatic nitrogens is 1. The van der Waals surface area contributed by atoms with Crippen LogP contribution in [0.25, 0.3) is 0 Å². The second kappa shape index (κ2) is 6.39. The molecule has 1 fully saturated rings. The fourth-order valence-corrected chi connectivity index (χ4v) is 3.03. The molecular formula is C14H22ClN3. The Morgan fingerprint density at radius 2 is 2.39 bits per heavy atom. The highest BCUT2D eigenvalue weighted by Gasteiger charge is 2.24. The highest BCUT2D eigenvalue weighted by molar-refractivity contribution is 6.17. The molecule has 0 aromatic carbocycles. The van der Waals surface area contributed by atoms with Crippen molar-refractivity contribution in [1.29, 1.82) is 0 Å². The van der Waals surface area contributed by atoms with Gasteiger partial charge in [-0.3, -0.25) is 9.88 Å². The fraction of sp³-hybridized carbons (Fsp3) is 0.643. The lowest BCUT2D eigenvalue weighted by molar-refractivity contribution is 0.270. The van der Waals surface area contributed by atoms with E-state index in [-0.39, 0.29) is 0 Å². The lowest BCUT2D eigenvalue weighted by Crippen LogP contribution is -2.39. The lowest BCUT2D eigenvalue weighted by atomic mass is 10.2. The van der Waals surface area contributed by atoms with Crippen LogP contribution >= 0.6 is 11.6 Å². The molecule has 0 bridgehead atoms. The number of rotatable bonds is 5. The van der Waals surface area contributed by atoms with E-state index in [1.165, 1.54) is 25.1 Å². The van der Waals surface area contributed by atoms with Crippen molar-refractivity contribution in [3.63, 3.8) is 0 Å². The van der Waals surface area contributed by atoms with E-state index in [4.69, 9.17) is 11.6 Å². The van der Waals surface area contributed by atoms with Crippen LogP contribution in [0.3, 0.4) is 0 Å². The van der Waals surface area contributed by atoms with Gasteiger partial charge >= 0.3 is 0 Å². The van der Waals surface area contributed by atoms with Crippen LogP contribution in [0.5, 0.6) is 0 Å². The Kier molecular flexibility index (Phi) is 4.84. The van der Waals surface area contributed by atoms with Gasteiger partial charge in [0.15, 0.2) is 0 Å². The fourth-order valence-electron chi connectivity index (χ4n) is 2.83. The van der Waals surface area contributed by atoms with Crippen molar-refractivity contribution in [2.45, 2.75) is 31.7 Å². The van der Waals surface area contributed by atoms with E-state index in [1.54, 1.807) is 0 Å². The number of pyridine rings is 1. The summed E-state index contributed by atoms with van der Waals surface area (Å²) < 4.78 is 0. The van der Waals surface area contributed by atoms with Gasteiger partial charge in [0.25, 0.3) is 0 Å². The summed E-state index contributed by atoms with van der Waals surface area (Å²) in [5.74, 6) is 0.523. The summed E-state index contributed by atoms with van der Waals surface area (Å²) in [4.78, 5) is 9.02. The predicted octanol–water partition coefficient (Wildman–Crippen LogP) is 2.74. The first kappa shape index (κ1) is 13.6. The van der Waals surface area contributed by atoms with E-state index < -0.39 is 0 Å². The van der Waals surface area contributed by atoms with Crippen LogP contribution < -0.4 is 4.90 Å². The van der Waals surface area contributed by atoms with Crippen LogP contribution in [0.1, 0.15) is 25.3 Å². The first-order valence-corrected chi connectivity index (χ1v) is 7.23. The Morgan fingerprint density at radius 3 is 3.11 bits per heavy atom. The van der Waals surface area contributed by atoms with E-state index in [9.17, 15) is 0 Å². The zero-order valence-corrected chi connectivity index (χ0v) is 12.0. The number of likely N-dealkylation sites (tertiary alicyclic amines) is 1. The van der Waals surface area contributed by atoms with Gasteiger partial charge in [0.2, 0.25) is 0 Å². The minimum atomic E-state index is 0.523. The maximum absolute atomic E-state index is 5.97. The van der Waals surface area contributed by atoms with Crippen molar-refractivity contribution in [2.75, 3.05) is 31.6 Å². The van der Waals surface area contributed by atoms with Crippen molar-refractivity contribution in [2.24, 2.45) is 0 Å². The van der Waals surface area contributed by atoms with Crippen LogP contribution in [0, 0.1) is 0 Å². The third-order valence-electron chi connectivity index (χ3n) is 3.82. The summed E-state index contributed by atoms with van der Waals surface area (Å²) in [7, 11) is 2.15. The largest absolute Gasteiger partial charge is 0.373 e. The summed E-state index contributed by atoms with van der Waals surface area (Å²) in [6, 6.07) is 2.74. The maximum atomic E-state index is 5.97. The molecule has 1 saturated heterocycles. The summed E-state index contributed by atoms with van der Waals surface area (Å²) >= 11 is 5.97. The van der Waals surface area contributed by atoms with Crippen molar-refractivity contribution >= 4 is 17.3 Å². The zero-order chi connectivity index (χ0) is 13.0. The van der Waals surface area contributed by atoms with E-state index in [0.717, 1.165) is 18.7 Å². The molecule has 0 N–H and O–H groups in total. The molecule has 3 nitrogen and oxygen atoms in total. The Labute approximate surface area is 115 Å². The topological polar surface area (TPSA) is 19.4 Å². The molecule has 1 aromatic heterocycles. The molecule has 0 spiro atoms. The molecule has 0 radical (unpaired) electrons. The van der Waals surface area contributed by atoms with Gasteiger partial charge in [-0.15, -0.1) is 11.6 Å². The standard InChI is InChI=1S/C14H22ClN3/c1-3-18-8-4-5-13(18)11-17(2)14-6-7-16-10-12(14)9-15/h6-7,10,13H,3-5,8-9,11H2,1-2H3. The Hall–Kier alpha value is -0.800. The van der Waals surface area contributed by atoms with Gasteiger partial charge in [0, 0.05) is 43.3 Å². The van der Waals surface area contributed by atoms with Gasteiger partial charge in [0.1, 0.15) is 0 Å². The SMILES string of the molecule is CCN1CCCC1CN(C)c1ccncc1CCl. The molecule has 2 heterocycles. The maximum Gasteiger partial charge on any atom is 0.0509 e. The van der Waals surface area contributed by atoms with Crippen molar-refractivity contribution < 1.29 is 0 Å². The van der Waals surface area contributed by atoms with Crippen molar-refractivity contribution in [1.82, 2.24) is 9.88 Å². The molecule has 0 saturated carbocycles. The van der Waals surface area contributed by atoms with Crippen LogP contribution in [0.4, 0.5) is 5.69 Å². The number of halogens is 1. The van der Waals surface area contributed by atoms with Gasteiger partial charge in [-0.2, -0.15) is 0 Å². The average Bonchev–Trinajstić information content (AvgIpc) is 2.85. The second-order valence-electron chi connectivity index (χ2n) is 4.94. The molecule has 2 rings (SSSR count). The van der Waals surface area contributed by atoms with E-state index in [1.807, 2.05) is 12.4 Å². The van der Waals surface area contributed by atoms with Crippen LogP contribution in [-0.4, -0.2) is 42.6 Å². The van der Waals surface area contributed by atoms with Gasteiger partial charge in [-0.25, -0.2) is 0 Å². The molecule has 1 aliphatic heterocycles. The second-order valence-corrected chi connectivity index (χ2v) is 5.21. The predicted molar refractivity (Wildman–Crippen MR) is 77.3 cm³/mol. The minimum absolute atomic E-state index is 0.523. The minimum Gasteiger partial charge on any atom is -0.373 e. The normalized spacial score (nSPS) is 20.3. The molecule has 100 valence electrons. The highest BCUT2D eigenvalue weighted by atomic mass is 35.5. The Bertz CT molecular complexity index is 383. The van der Waals surface area contributed by atoms with Crippen molar-refractivity contribution in [3.05, 3.63) is 24.0 Å². The number of anilines is 1. The lowest BCUT2D eigenvalue weighted by Gasteiger charge is -2.29. The van der Waals surface area contributed by atoms with Gasteiger partial charge in [-0.05, 0) is 32.0 Å². The number of likely N-dealkylation sites (N-methyl/N-ethyl adjacent to an activating group) is 2. The van der Waals surface area contributed by atoms with Gasteiger partial charge in [0.05, 0.1) is 5.88 Å². The molecular weight excluding hydrogens is 246 g/mol. The third kappa shape index (κ3) is 2.96. The molecule has 1 atom stereocenters. The number of hydrogen-bond acceptors (Lipinski definition) is 3. The number of alkyl halides is 1. The van der Waals surface area contributed by atoms with Crippen LogP contribution in [0.2, 0.25) is 0 Å². The summed E-state index contributed by atoms with van der Waals surface area (Å²) in [6.07, 6.45) is 6.34. The summed E-state index contributed by atoms with van der Waals surface area (Å²) in [5.41, 5.74) is 2.32. The van der Waals surface area contributed by atoms with Crippen molar-refractivity contribution in [3.8, 4) is 0 Å². The molecule has 0 aliphatic carbocycles. The van der Waals surface area contributed by atoms with Gasteiger partial charge < -0.3 is 4.90 Å². The highest BCUT2D eigenvalue weighted by Crippen LogP contribution is 2.23. The Balaban J connectivity index is 2.05. The first-order valence-electron chi connectivity index (χ1n) is 6.70. The monoisotopic (exact) mass is 267 g/mol. The van der Waals surface area contributed by atoms with E-state index in [2.05, 4.69) is 34.8 Å². The van der Waals surface area contributed by atoms with Gasteiger partial charge in [-0.1, -0.05) is 6.92 Å². The third-order valence-corrected chi connectivity index (χ3v) is 4.11. The molecule has 0 amide bonds. The number of hydrogen-bond donors (Lipinski definition) is 0. The zero-order valence-electron chi connectivity index (χ0n) is 11.3. The number of nitrogens with zero attached hydrogens (tertiary/aromatic N) is 3. The summed E-state index contributed by atoms with van der Waals surface area (Å²) in [6.45, 7) is 5.71. The molecule has 18 heavy (non-hydrogen) atoms. The van der Waals surface area contributed by atoms with E-state index in [0.29, 0.717) is 11.9 Å². The van der Waals surface area contributed by atoms with E-state index >= 15 is 0 Å². The Morgan fingerprint density at radius 1 is 1.56 bits per heavy atom. The molecule has 1 aliphatic rings. The molecule has 1 aromatic rings. The van der Waals surface area contributed by atoms with Crippen LogP contribution in [0.15, 0.2) is 18.5 Å². The summed E-state index contributed by atoms with van der Waals surface area (Å²) in [5, 5.41) is 0. The molecule has 1 unspecified atom stereocenters. The van der Waals surface area contributed by atoms with Crippen LogP contribution in [-0.2, 0) is 5.88 Å². The average molecular weight is 268 g/mol.